The number of aryl methyl sites for hydroxylation is 1. The summed E-state index contributed by atoms with van der Waals surface area (Å²) < 4.78 is 5.82. The third-order valence-electron chi connectivity index (χ3n) is 3.03. The molecule has 2 aromatic rings. The van der Waals surface area contributed by atoms with Gasteiger partial charge in [0.1, 0.15) is 5.75 Å². The van der Waals surface area contributed by atoms with Crippen molar-refractivity contribution in [2.45, 2.75) is 18.7 Å². The smallest absolute Gasteiger partial charge is 0.128 e. The molecule has 0 fully saturated rings. The van der Waals surface area contributed by atoms with E-state index in [1.807, 2.05) is 43.3 Å². The largest absolute Gasteiger partial charge is 0.492 e. The van der Waals surface area contributed by atoms with E-state index in [1.165, 1.54) is 4.90 Å². The van der Waals surface area contributed by atoms with Crippen LogP contribution < -0.4 is 4.74 Å². The van der Waals surface area contributed by atoms with Crippen molar-refractivity contribution < 1.29 is 9.94 Å². The highest BCUT2D eigenvalue weighted by atomic mass is 32.2. The number of rotatable bonds is 6. The average Bonchev–Trinajstić information content (AvgIpc) is 2.53. The molecule has 0 aliphatic rings. The zero-order valence-electron chi connectivity index (χ0n) is 12.2. The summed E-state index contributed by atoms with van der Waals surface area (Å²) in [5.41, 5.74) is 2.51. The number of thioether (sulfide) groups is 1. The van der Waals surface area contributed by atoms with E-state index in [1.54, 1.807) is 18.7 Å². The third kappa shape index (κ3) is 4.53. The number of nitrogens with zero attached hydrogens (tertiary/aromatic N) is 1. The summed E-state index contributed by atoms with van der Waals surface area (Å²) in [6.45, 7) is 4.37. The van der Waals surface area contributed by atoms with Crippen LogP contribution in [-0.2, 0) is 0 Å². The highest BCUT2D eigenvalue weighted by Gasteiger charge is 2.08. The lowest BCUT2D eigenvalue weighted by Crippen LogP contribution is -2.05. The second-order valence-electron chi connectivity index (χ2n) is 4.69. The summed E-state index contributed by atoms with van der Waals surface area (Å²) in [7, 11) is 0. The molecule has 0 saturated carbocycles. The molecule has 0 saturated heterocycles. The van der Waals surface area contributed by atoms with Gasteiger partial charge < -0.3 is 9.94 Å². The maximum absolute atomic E-state index is 8.95. The lowest BCUT2D eigenvalue weighted by Gasteiger charge is -2.11. The zero-order valence-corrected chi connectivity index (χ0v) is 13.1. The molecule has 0 aliphatic heterocycles. The minimum Gasteiger partial charge on any atom is -0.492 e. The second kappa shape index (κ2) is 7.74. The molecule has 0 aromatic heterocycles. The Morgan fingerprint density at radius 3 is 2.67 bits per heavy atom. The topological polar surface area (TPSA) is 41.8 Å². The summed E-state index contributed by atoms with van der Waals surface area (Å²) in [5, 5.41) is 12.2. The number of benzene rings is 2. The Hall–Kier alpha value is -1.94. The van der Waals surface area contributed by atoms with Gasteiger partial charge in [-0.05, 0) is 38.1 Å². The molecule has 0 unspecified atom stereocenters. The average molecular weight is 301 g/mol. The van der Waals surface area contributed by atoms with Gasteiger partial charge in [-0.25, -0.2) is 0 Å². The molecule has 0 heterocycles. The van der Waals surface area contributed by atoms with Gasteiger partial charge in [-0.3, -0.25) is 0 Å². The van der Waals surface area contributed by atoms with E-state index >= 15 is 0 Å². The Labute approximate surface area is 129 Å². The van der Waals surface area contributed by atoms with Crippen molar-refractivity contribution in [1.29, 1.82) is 0 Å². The third-order valence-corrected chi connectivity index (χ3v) is 4.00. The van der Waals surface area contributed by atoms with Crippen LogP contribution in [0.1, 0.15) is 18.1 Å². The Kier molecular flexibility index (Phi) is 5.69. The first-order valence-electron chi connectivity index (χ1n) is 6.81. The second-order valence-corrected chi connectivity index (χ2v) is 5.86. The standard InChI is InChI=1S/C17H19NO2S/c1-13-8-9-17(16(12-13)14(2)18-19)20-10-11-21-15-6-4-3-5-7-15/h3-9,12,19H,10-11H2,1-2H3. The highest BCUT2D eigenvalue weighted by Crippen LogP contribution is 2.22. The monoisotopic (exact) mass is 301 g/mol. The fourth-order valence-electron chi connectivity index (χ4n) is 1.93. The fourth-order valence-corrected chi connectivity index (χ4v) is 2.69. The van der Waals surface area contributed by atoms with E-state index in [0.717, 1.165) is 22.6 Å². The van der Waals surface area contributed by atoms with Crippen molar-refractivity contribution in [2.24, 2.45) is 5.16 Å². The molecule has 21 heavy (non-hydrogen) atoms. The van der Waals surface area contributed by atoms with E-state index in [2.05, 4.69) is 17.3 Å². The lowest BCUT2D eigenvalue weighted by atomic mass is 10.1. The molecule has 0 amide bonds. The first kappa shape index (κ1) is 15.4. The van der Waals surface area contributed by atoms with E-state index in [0.29, 0.717) is 12.3 Å². The van der Waals surface area contributed by atoms with Crippen LogP contribution in [0.3, 0.4) is 0 Å². The molecule has 110 valence electrons. The van der Waals surface area contributed by atoms with Crippen molar-refractivity contribution in [3.8, 4) is 5.75 Å². The minimum absolute atomic E-state index is 0.560. The van der Waals surface area contributed by atoms with Crippen LogP contribution in [0.5, 0.6) is 5.75 Å². The molecule has 0 spiro atoms. The van der Waals surface area contributed by atoms with Gasteiger partial charge >= 0.3 is 0 Å². The maximum atomic E-state index is 8.95. The van der Waals surface area contributed by atoms with Crippen LogP contribution in [0.15, 0.2) is 58.6 Å². The van der Waals surface area contributed by atoms with Crippen LogP contribution in [0.2, 0.25) is 0 Å². The molecule has 0 aliphatic carbocycles. The number of hydrogen-bond acceptors (Lipinski definition) is 4. The molecule has 0 bridgehead atoms. The predicted octanol–water partition coefficient (Wildman–Crippen LogP) is 4.36. The molecular weight excluding hydrogens is 282 g/mol. The first-order valence-corrected chi connectivity index (χ1v) is 7.79. The first-order chi connectivity index (χ1) is 10.2. The maximum Gasteiger partial charge on any atom is 0.128 e. The molecular formula is C17H19NO2S. The Balaban J connectivity index is 1.94. The van der Waals surface area contributed by atoms with Crippen LogP contribution in [0.4, 0.5) is 0 Å². The highest BCUT2D eigenvalue weighted by molar-refractivity contribution is 7.99. The van der Waals surface area contributed by atoms with Crippen LogP contribution in [0, 0.1) is 6.92 Å². The van der Waals surface area contributed by atoms with E-state index in [9.17, 15) is 0 Å². The lowest BCUT2D eigenvalue weighted by molar-refractivity contribution is 0.317. The minimum atomic E-state index is 0.560. The van der Waals surface area contributed by atoms with Crippen molar-refractivity contribution in [3.05, 3.63) is 59.7 Å². The van der Waals surface area contributed by atoms with E-state index in [-0.39, 0.29) is 0 Å². The van der Waals surface area contributed by atoms with Gasteiger partial charge in [0.2, 0.25) is 0 Å². The van der Waals surface area contributed by atoms with Gasteiger partial charge in [0, 0.05) is 16.2 Å². The summed E-state index contributed by atoms with van der Waals surface area (Å²) in [5.74, 6) is 1.62. The predicted molar refractivity (Wildman–Crippen MR) is 87.8 cm³/mol. The van der Waals surface area contributed by atoms with Crippen molar-refractivity contribution in [3.63, 3.8) is 0 Å². The fraction of sp³-hybridized carbons (Fsp3) is 0.235. The molecule has 2 rings (SSSR count). The Morgan fingerprint density at radius 2 is 1.95 bits per heavy atom. The molecule has 1 N–H and O–H groups in total. The van der Waals surface area contributed by atoms with Crippen LogP contribution in [0.25, 0.3) is 0 Å². The summed E-state index contributed by atoms with van der Waals surface area (Å²) in [6, 6.07) is 16.1. The van der Waals surface area contributed by atoms with Crippen LogP contribution in [-0.4, -0.2) is 23.3 Å². The molecule has 4 heteroatoms. The van der Waals surface area contributed by atoms with Gasteiger partial charge in [0.15, 0.2) is 0 Å². The van der Waals surface area contributed by atoms with E-state index < -0.39 is 0 Å². The van der Waals surface area contributed by atoms with Crippen molar-refractivity contribution in [1.82, 2.24) is 0 Å². The Morgan fingerprint density at radius 1 is 1.19 bits per heavy atom. The summed E-state index contributed by atoms with van der Waals surface area (Å²) in [6.07, 6.45) is 0. The van der Waals surface area contributed by atoms with Gasteiger partial charge in [-0.1, -0.05) is 35.0 Å². The summed E-state index contributed by atoms with van der Waals surface area (Å²) >= 11 is 1.76. The summed E-state index contributed by atoms with van der Waals surface area (Å²) in [4.78, 5) is 1.23. The number of ether oxygens (including phenoxy) is 1. The van der Waals surface area contributed by atoms with Gasteiger partial charge in [0.05, 0.1) is 12.3 Å². The number of oxime groups is 1. The van der Waals surface area contributed by atoms with Gasteiger partial charge in [-0.2, -0.15) is 0 Å². The Bertz CT molecular complexity index is 611. The normalized spacial score (nSPS) is 11.4. The zero-order chi connectivity index (χ0) is 15.1. The van der Waals surface area contributed by atoms with Gasteiger partial charge in [-0.15, -0.1) is 11.8 Å². The molecule has 2 aromatic carbocycles. The SMILES string of the molecule is CC(=NO)c1cc(C)ccc1OCCSc1ccccc1. The van der Waals surface area contributed by atoms with Crippen molar-refractivity contribution in [2.75, 3.05) is 12.4 Å². The van der Waals surface area contributed by atoms with Crippen molar-refractivity contribution >= 4 is 17.5 Å². The van der Waals surface area contributed by atoms with Gasteiger partial charge in [0.25, 0.3) is 0 Å². The quantitative estimate of drug-likeness (QED) is 0.283. The molecule has 0 atom stereocenters. The molecule has 3 nitrogen and oxygen atoms in total. The molecule has 0 radical (unpaired) electrons. The number of hydrogen-bond donors (Lipinski definition) is 1. The van der Waals surface area contributed by atoms with E-state index in [4.69, 9.17) is 9.94 Å². The van der Waals surface area contributed by atoms with Crippen LogP contribution >= 0.6 is 11.8 Å².